The van der Waals surface area contributed by atoms with Gasteiger partial charge in [0.05, 0.1) is 26.2 Å². The number of hydrogen-bond acceptors (Lipinski definition) is 4. The van der Waals surface area contributed by atoms with Crippen molar-refractivity contribution >= 4 is 27.6 Å². The van der Waals surface area contributed by atoms with Crippen LogP contribution in [0.3, 0.4) is 0 Å². The molecule has 150 valence electrons. The lowest BCUT2D eigenvalue weighted by Gasteiger charge is -2.14. The Morgan fingerprint density at radius 1 is 0.967 bits per heavy atom. The lowest BCUT2D eigenvalue weighted by Crippen LogP contribution is -2.23. The molecule has 5 rings (SSSR count). The molecule has 0 aliphatic rings. The van der Waals surface area contributed by atoms with Gasteiger partial charge in [0.2, 0.25) is 0 Å². The number of pyridine rings is 2. The fourth-order valence-electron chi connectivity index (χ4n) is 4.11. The summed E-state index contributed by atoms with van der Waals surface area (Å²) in [5.41, 5.74) is 4.29. The predicted molar refractivity (Wildman–Crippen MR) is 118 cm³/mol. The molecule has 3 aromatic heterocycles. The number of benzene rings is 2. The van der Waals surface area contributed by atoms with Crippen molar-refractivity contribution in [2.45, 2.75) is 13.5 Å². The van der Waals surface area contributed by atoms with Crippen LogP contribution in [-0.4, -0.2) is 28.2 Å². The molecular formula is C24H21N3O3. The van der Waals surface area contributed by atoms with Gasteiger partial charge in [-0.25, -0.2) is 4.98 Å². The van der Waals surface area contributed by atoms with Crippen LogP contribution in [0.4, 0.5) is 0 Å². The van der Waals surface area contributed by atoms with Crippen molar-refractivity contribution in [1.82, 2.24) is 14.0 Å². The maximum absolute atomic E-state index is 13.8. The number of methoxy groups -OCH3 is 2. The molecule has 6 heteroatoms. The van der Waals surface area contributed by atoms with Crippen molar-refractivity contribution in [3.8, 4) is 11.5 Å². The number of rotatable bonds is 4. The minimum absolute atomic E-state index is 0.139. The largest absolute Gasteiger partial charge is 0.493 e. The predicted octanol–water partition coefficient (Wildman–Crippen LogP) is 4.18. The van der Waals surface area contributed by atoms with E-state index in [0.29, 0.717) is 23.4 Å². The summed E-state index contributed by atoms with van der Waals surface area (Å²) in [5, 5.41) is 1.22. The Morgan fingerprint density at radius 3 is 2.50 bits per heavy atom. The zero-order valence-electron chi connectivity index (χ0n) is 17.0. The van der Waals surface area contributed by atoms with Crippen LogP contribution in [0, 0.1) is 6.92 Å². The van der Waals surface area contributed by atoms with Crippen LogP contribution in [0.2, 0.25) is 0 Å². The molecular weight excluding hydrogens is 378 g/mol. The van der Waals surface area contributed by atoms with E-state index in [1.165, 1.54) is 0 Å². The number of fused-ring (bicyclic) bond motifs is 5. The van der Waals surface area contributed by atoms with E-state index in [9.17, 15) is 4.79 Å². The van der Waals surface area contributed by atoms with Crippen molar-refractivity contribution < 1.29 is 9.47 Å². The second kappa shape index (κ2) is 6.91. The smallest absolute Gasteiger partial charge is 0.264 e. The first-order valence-corrected chi connectivity index (χ1v) is 9.73. The van der Waals surface area contributed by atoms with Crippen molar-refractivity contribution in [2.75, 3.05) is 14.2 Å². The van der Waals surface area contributed by atoms with Crippen molar-refractivity contribution in [2.24, 2.45) is 0 Å². The maximum Gasteiger partial charge on any atom is 0.264 e. The zero-order valence-corrected chi connectivity index (χ0v) is 17.0. The van der Waals surface area contributed by atoms with E-state index >= 15 is 0 Å². The second-order valence-electron chi connectivity index (χ2n) is 7.27. The van der Waals surface area contributed by atoms with Gasteiger partial charge in [-0.05, 0) is 36.2 Å². The summed E-state index contributed by atoms with van der Waals surface area (Å²) in [6.07, 6.45) is 1.95. The SMILES string of the molecule is COc1ccc2c(c1OC)c(=O)n(Cc1ccccc1)c1c2nc2c(C)cccn21. The fourth-order valence-corrected chi connectivity index (χ4v) is 4.11. The molecule has 0 saturated heterocycles. The number of aromatic nitrogens is 3. The Labute approximate surface area is 172 Å². The molecule has 0 fully saturated rings. The summed E-state index contributed by atoms with van der Waals surface area (Å²) < 4.78 is 14.8. The van der Waals surface area contributed by atoms with Crippen LogP contribution in [0.1, 0.15) is 11.1 Å². The van der Waals surface area contributed by atoms with E-state index in [4.69, 9.17) is 14.5 Å². The lowest BCUT2D eigenvalue weighted by molar-refractivity contribution is 0.358. The van der Waals surface area contributed by atoms with Gasteiger partial charge in [-0.15, -0.1) is 0 Å². The highest BCUT2D eigenvalue weighted by Gasteiger charge is 2.22. The maximum atomic E-state index is 13.8. The number of aryl methyl sites for hydroxylation is 1. The average molecular weight is 399 g/mol. The van der Waals surface area contributed by atoms with E-state index in [0.717, 1.165) is 33.3 Å². The van der Waals surface area contributed by atoms with Crippen LogP contribution in [0.15, 0.2) is 65.6 Å². The number of hydrogen-bond donors (Lipinski definition) is 0. The molecule has 2 aromatic carbocycles. The normalized spacial score (nSPS) is 11.4. The molecule has 30 heavy (non-hydrogen) atoms. The summed E-state index contributed by atoms with van der Waals surface area (Å²) >= 11 is 0. The molecule has 0 amide bonds. The summed E-state index contributed by atoms with van der Waals surface area (Å²) in [4.78, 5) is 18.7. The topological polar surface area (TPSA) is 57.8 Å². The van der Waals surface area contributed by atoms with E-state index in [1.807, 2.05) is 72.1 Å². The molecule has 0 N–H and O–H groups in total. The zero-order chi connectivity index (χ0) is 20.8. The van der Waals surface area contributed by atoms with Crippen molar-refractivity contribution in [1.29, 1.82) is 0 Å². The third-order valence-electron chi connectivity index (χ3n) is 5.52. The molecule has 0 atom stereocenters. The molecule has 5 aromatic rings. The quantitative estimate of drug-likeness (QED) is 0.455. The van der Waals surface area contributed by atoms with Gasteiger partial charge < -0.3 is 9.47 Å². The third-order valence-corrected chi connectivity index (χ3v) is 5.52. The van der Waals surface area contributed by atoms with Gasteiger partial charge in [0.15, 0.2) is 11.5 Å². The summed E-state index contributed by atoms with van der Waals surface area (Å²) in [6, 6.07) is 17.6. The highest BCUT2D eigenvalue weighted by molar-refractivity contribution is 6.07. The Bertz CT molecular complexity index is 1470. The Hall–Kier alpha value is -3.80. The molecule has 0 aliphatic carbocycles. The van der Waals surface area contributed by atoms with Crippen LogP contribution >= 0.6 is 0 Å². The van der Waals surface area contributed by atoms with Gasteiger partial charge >= 0.3 is 0 Å². The molecule has 3 heterocycles. The standard InChI is InChI=1S/C24H21N3O3/c1-15-8-7-13-26-22(15)25-20-17-11-12-18(29-2)21(30-3)19(17)24(28)27(23(20)26)14-16-9-5-4-6-10-16/h4-13H,14H2,1-3H3. The summed E-state index contributed by atoms with van der Waals surface area (Å²) in [6.45, 7) is 2.45. The highest BCUT2D eigenvalue weighted by Crippen LogP contribution is 2.36. The molecule has 0 unspecified atom stereocenters. The van der Waals surface area contributed by atoms with Gasteiger partial charge in [0.1, 0.15) is 16.8 Å². The van der Waals surface area contributed by atoms with Crippen LogP contribution in [-0.2, 0) is 6.54 Å². The van der Waals surface area contributed by atoms with Crippen molar-refractivity contribution in [3.63, 3.8) is 0 Å². The second-order valence-corrected chi connectivity index (χ2v) is 7.27. The van der Waals surface area contributed by atoms with Crippen molar-refractivity contribution in [3.05, 3.63) is 82.3 Å². The Kier molecular flexibility index (Phi) is 4.20. The Morgan fingerprint density at radius 2 is 1.77 bits per heavy atom. The highest BCUT2D eigenvalue weighted by atomic mass is 16.5. The first kappa shape index (κ1) is 18.2. The molecule has 0 bridgehead atoms. The molecule has 0 spiro atoms. The third kappa shape index (κ3) is 2.57. The van der Waals surface area contributed by atoms with Gasteiger partial charge in [-0.3, -0.25) is 13.8 Å². The number of ether oxygens (including phenoxy) is 2. The van der Waals surface area contributed by atoms with Crippen LogP contribution < -0.4 is 15.0 Å². The molecule has 0 aliphatic heterocycles. The first-order chi connectivity index (χ1) is 14.6. The minimum atomic E-state index is -0.139. The molecule has 0 saturated carbocycles. The van der Waals surface area contributed by atoms with Gasteiger partial charge in [0.25, 0.3) is 5.56 Å². The van der Waals surface area contributed by atoms with Gasteiger partial charge in [-0.1, -0.05) is 36.4 Å². The summed E-state index contributed by atoms with van der Waals surface area (Å²) in [5.74, 6) is 0.949. The monoisotopic (exact) mass is 399 g/mol. The number of imidazole rings is 1. The van der Waals surface area contributed by atoms with E-state index in [2.05, 4.69) is 0 Å². The summed E-state index contributed by atoms with van der Waals surface area (Å²) in [7, 11) is 3.12. The first-order valence-electron chi connectivity index (χ1n) is 9.73. The van der Waals surface area contributed by atoms with Gasteiger partial charge in [0, 0.05) is 11.6 Å². The van der Waals surface area contributed by atoms with Crippen LogP contribution in [0.5, 0.6) is 11.5 Å². The fraction of sp³-hybridized carbons (Fsp3) is 0.167. The van der Waals surface area contributed by atoms with Gasteiger partial charge in [-0.2, -0.15) is 0 Å². The number of nitrogens with zero attached hydrogens (tertiary/aromatic N) is 3. The molecule has 6 nitrogen and oxygen atoms in total. The average Bonchev–Trinajstić information content (AvgIpc) is 3.17. The van der Waals surface area contributed by atoms with E-state index in [1.54, 1.807) is 18.8 Å². The molecule has 0 radical (unpaired) electrons. The van der Waals surface area contributed by atoms with E-state index < -0.39 is 0 Å². The Balaban J connectivity index is 2.00. The van der Waals surface area contributed by atoms with Crippen LogP contribution in [0.25, 0.3) is 27.6 Å². The minimum Gasteiger partial charge on any atom is -0.493 e. The lowest BCUT2D eigenvalue weighted by atomic mass is 10.1. The van der Waals surface area contributed by atoms with E-state index in [-0.39, 0.29) is 5.56 Å².